The molecule has 0 spiro atoms. The molecular formula is C23H22N4OS2. The zero-order chi connectivity index (χ0) is 20.9. The molecule has 0 aliphatic carbocycles. The minimum absolute atomic E-state index is 0.154. The average Bonchev–Trinajstić information content (AvgIpc) is 3.31. The van der Waals surface area contributed by atoms with Gasteiger partial charge in [0.2, 0.25) is 0 Å². The van der Waals surface area contributed by atoms with Gasteiger partial charge in [-0.1, -0.05) is 53.7 Å². The van der Waals surface area contributed by atoms with Crippen LogP contribution in [0.4, 0.5) is 0 Å². The topological polar surface area (TPSA) is 59.3 Å². The van der Waals surface area contributed by atoms with Crippen LogP contribution < -0.4 is 5.43 Å². The normalized spacial score (nSPS) is 11.4. The van der Waals surface area contributed by atoms with E-state index in [2.05, 4.69) is 52.3 Å². The fourth-order valence-electron chi connectivity index (χ4n) is 3.05. The van der Waals surface area contributed by atoms with Crippen molar-refractivity contribution in [2.24, 2.45) is 5.10 Å². The third-order valence-corrected chi connectivity index (χ3v) is 6.47. The van der Waals surface area contributed by atoms with Gasteiger partial charge < -0.3 is 4.57 Å². The van der Waals surface area contributed by atoms with E-state index in [0.29, 0.717) is 6.54 Å². The third kappa shape index (κ3) is 4.98. The first kappa shape index (κ1) is 20.4. The summed E-state index contributed by atoms with van der Waals surface area (Å²) in [6, 6.07) is 20.6. The second-order valence-corrected chi connectivity index (χ2v) is 9.25. The predicted octanol–water partition coefficient (Wildman–Crippen LogP) is 5.01. The Kier molecular flexibility index (Phi) is 6.30. The number of benzene rings is 2. The van der Waals surface area contributed by atoms with Crippen LogP contribution >= 0.6 is 23.1 Å². The second-order valence-electron chi connectivity index (χ2n) is 6.99. The van der Waals surface area contributed by atoms with Crippen LogP contribution in [0.5, 0.6) is 0 Å². The first-order valence-corrected chi connectivity index (χ1v) is 11.4. The molecule has 0 radical (unpaired) electrons. The summed E-state index contributed by atoms with van der Waals surface area (Å²) >= 11 is 3.06. The highest BCUT2D eigenvalue weighted by Gasteiger charge is 2.13. The van der Waals surface area contributed by atoms with Gasteiger partial charge in [0.15, 0.2) is 5.16 Å². The van der Waals surface area contributed by atoms with Crippen molar-refractivity contribution in [2.45, 2.75) is 25.5 Å². The van der Waals surface area contributed by atoms with Crippen molar-refractivity contribution in [1.29, 1.82) is 0 Å². The van der Waals surface area contributed by atoms with E-state index in [1.54, 1.807) is 17.6 Å². The van der Waals surface area contributed by atoms with E-state index in [1.807, 2.05) is 37.3 Å². The van der Waals surface area contributed by atoms with Crippen molar-refractivity contribution >= 4 is 46.3 Å². The molecule has 1 amide bonds. The van der Waals surface area contributed by atoms with Crippen molar-refractivity contribution in [1.82, 2.24) is 15.0 Å². The molecule has 0 saturated carbocycles. The standard InChI is InChI=1S/C23H22N4OS2/c1-16-7-10-18(11-8-16)14-27-21-6-4-3-5-20(21)25-23(27)29-15-22(28)26-24-13-19-12-9-17(2)30-19/h3-13H,14-15H2,1-2H3,(H,26,28)/b24-13-. The van der Waals surface area contributed by atoms with Gasteiger partial charge in [0.05, 0.1) is 29.5 Å². The number of hydrogen-bond donors (Lipinski definition) is 1. The number of carbonyl (C=O) groups is 1. The fraction of sp³-hybridized carbons (Fsp3) is 0.174. The zero-order valence-electron chi connectivity index (χ0n) is 16.8. The number of aromatic nitrogens is 2. The van der Waals surface area contributed by atoms with Crippen molar-refractivity contribution < 1.29 is 4.79 Å². The summed E-state index contributed by atoms with van der Waals surface area (Å²) in [5, 5.41) is 4.88. The number of carbonyl (C=O) groups excluding carboxylic acids is 1. The fourth-order valence-corrected chi connectivity index (χ4v) is 4.60. The molecule has 0 aliphatic heterocycles. The zero-order valence-corrected chi connectivity index (χ0v) is 18.5. The second kappa shape index (κ2) is 9.28. The molecule has 0 saturated heterocycles. The lowest BCUT2D eigenvalue weighted by molar-refractivity contribution is -0.118. The summed E-state index contributed by atoms with van der Waals surface area (Å²) in [4.78, 5) is 19.2. The van der Waals surface area contributed by atoms with Gasteiger partial charge in [-0.05, 0) is 43.7 Å². The molecule has 0 bridgehead atoms. The summed E-state index contributed by atoms with van der Waals surface area (Å²) < 4.78 is 2.16. The van der Waals surface area contributed by atoms with Crippen LogP contribution in [0.1, 0.15) is 20.9 Å². The number of para-hydroxylation sites is 2. The van der Waals surface area contributed by atoms with E-state index in [-0.39, 0.29) is 11.7 Å². The van der Waals surface area contributed by atoms with Crippen molar-refractivity contribution in [3.05, 3.63) is 81.5 Å². The predicted molar refractivity (Wildman–Crippen MR) is 126 cm³/mol. The van der Waals surface area contributed by atoms with E-state index in [4.69, 9.17) is 4.98 Å². The Morgan fingerprint density at radius 1 is 1.13 bits per heavy atom. The van der Waals surface area contributed by atoms with Crippen LogP contribution in [-0.2, 0) is 11.3 Å². The maximum Gasteiger partial charge on any atom is 0.250 e. The monoisotopic (exact) mass is 434 g/mol. The van der Waals surface area contributed by atoms with E-state index in [1.165, 1.54) is 27.8 Å². The van der Waals surface area contributed by atoms with E-state index < -0.39 is 0 Å². The number of thiophene rings is 1. The van der Waals surface area contributed by atoms with Crippen molar-refractivity contribution in [3.8, 4) is 0 Å². The Balaban J connectivity index is 1.45. The van der Waals surface area contributed by atoms with Gasteiger partial charge in [0, 0.05) is 9.75 Å². The maximum absolute atomic E-state index is 12.3. The molecule has 152 valence electrons. The molecular weight excluding hydrogens is 412 g/mol. The van der Waals surface area contributed by atoms with Crippen LogP contribution in [0, 0.1) is 13.8 Å². The highest BCUT2D eigenvalue weighted by Crippen LogP contribution is 2.25. The van der Waals surface area contributed by atoms with Crippen LogP contribution in [0.25, 0.3) is 11.0 Å². The van der Waals surface area contributed by atoms with Gasteiger partial charge in [0.1, 0.15) is 0 Å². The highest BCUT2D eigenvalue weighted by atomic mass is 32.2. The molecule has 1 N–H and O–H groups in total. The largest absolute Gasteiger partial charge is 0.314 e. The molecule has 0 aliphatic rings. The number of rotatable bonds is 7. The third-order valence-electron chi connectivity index (χ3n) is 4.56. The van der Waals surface area contributed by atoms with E-state index >= 15 is 0 Å². The first-order valence-electron chi connectivity index (χ1n) is 9.60. The lowest BCUT2D eigenvalue weighted by Crippen LogP contribution is -2.20. The molecule has 0 unspecified atom stereocenters. The summed E-state index contributed by atoms with van der Waals surface area (Å²) in [7, 11) is 0. The number of thioether (sulfide) groups is 1. The summed E-state index contributed by atoms with van der Waals surface area (Å²) in [6.07, 6.45) is 1.67. The van der Waals surface area contributed by atoms with Crippen molar-refractivity contribution in [2.75, 3.05) is 5.75 Å². The van der Waals surface area contributed by atoms with Gasteiger partial charge >= 0.3 is 0 Å². The quantitative estimate of drug-likeness (QED) is 0.253. The SMILES string of the molecule is Cc1ccc(Cn2c(SCC(=O)N/N=C\c3ccc(C)s3)nc3ccccc32)cc1. The van der Waals surface area contributed by atoms with Crippen molar-refractivity contribution in [3.63, 3.8) is 0 Å². The lowest BCUT2D eigenvalue weighted by atomic mass is 10.1. The minimum Gasteiger partial charge on any atom is -0.314 e. The van der Waals surface area contributed by atoms with Crippen LogP contribution in [0.15, 0.2) is 70.9 Å². The Labute approximate surface area is 183 Å². The summed E-state index contributed by atoms with van der Waals surface area (Å²) in [6.45, 7) is 4.83. The number of imidazole rings is 1. The number of hydrazone groups is 1. The number of aryl methyl sites for hydroxylation is 2. The van der Waals surface area contributed by atoms with Gasteiger partial charge in [0.25, 0.3) is 5.91 Å². The molecule has 7 heteroatoms. The number of nitrogens with one attached hydrogen (secondary N) is 1. The molecule has 2 aromatic heterocycles. The molecule has 0 fully saturated rings. The van der Waals surface area contributed by atoms with Crippen LogP contribution in [-0.4, -0.2) is 27.4 Å². The lowest BCUT2D eigenvalue weighted by Gasteiger charge is -2.09. The average molecular weight is 435 g/mol. The highest BCUT2D eigenvalue weighted by molar-refractivity contribution is 7.99. The number of fused-ring (bicyclic) bond motifs is 1. The minimum atomic E-state index is -0.154. The van der Waals surface area contributed by atoms with E-state index in [9.17, 15) is 4.79 Å². The van der Waals surface area contributed by atoms with E-state index in [0.717, 1.165) is 21.1 Å². The summed E-state index contributed by atoms with van der Waals surface area (Å²) in [5.41, 5.74) is 7.03. The molecule has 4 rings (SSSR count). The maximum atomic E-state index is 12.3. The Bertz CT molecular complexity index is 1190. The molecule has 2 aromatic carbocycles. The smallest absolute Gasteiger partial charge is 0.250 e. The van der Waals surface area contributed by atoms with Gasteiger partial charge in [-0.3, -0.25) is 4.79 Å². The first-order chi connectivity index (χ1) is 14.6. The number of nitrogens with zero attached hydrogens (tertiary/aromatic N) is 3. The molecule has 30 heavy (non-hydrogen) atoms. The Morgan fingerprint density at radius 3 is 2.70 bits per heavy atom. The van der Waals surface area contributed by atoms with Crippen LogP contribution in [0.2, 0.25) is 0 Å². The van der Waals surface area contributed by atoms with Gasteiger partial charge in [-0.15, -0.1) is 11.3 Å². The molecule has 0 atom stereocenters. The molecule has 5 nitrogen and oxygen atoms in total. The van der Waals surface area contributed by atoms with Gasteiger partial charge in [-0.25, -0.2) is 10.4 Å². The number of amides is 1. The molecule has 2 heterocycles. The Morgan fingerprint density at radius 2 is 1.93 bits per heavy atom. The Hall–Kier alpha value is -2.90. The molecule has 4 aromatic rings. The van der Waals surface area contributed by atoms with Crippen LogP contribution in [0.3, 0.4) is 0 Å². The number of hydrogen-bond acceptors (Lipinski definition) is 5. The van der Waals surface area contributed by atoms with Gasteiger partial charge in [-0.2, -0.15) is 5.10 Å². The summed E-state index contributed by atoms with van der Waals surface area (Å²) in [5.74, 6) is 0.0938.